The van der Waals surface area contributed by atoms with Crippen LogP contribution in [0.2, 0.25) is 0 Å². The van der Waals surface area contributed by atoms with Gasteiger partial charge >= 0.3 is 6.18 Å². The lowest BCUT2D eigenvalue weighted by Gasteiger charge is -2.28. The number of halogens is 3. The minimum Gasteiger partial charge on any atom is -0.256 e. The van der Waals surface area contributed by atoms with Crippen molar-refractivity contribution in [1.29, 1.82) is 0 Å². The number of nitrogens with zero attached hydrogens (tertiary/aromatic N) is 1. The van der Waals surface area contributed by atoms with Gasteiger partial charge in [-0.25, -0.2) is 0 Å². The van der Waals surface area contributed by atoms with Crippen molar-refractivity contribution < 1.29 is 13.2 Å². The number of aryl methyl sites for hydroxylation is 2. The molecular formula is C34H28F3N. The van der Waals surface area contributed by atoms with Crippen LogP contribution < -0.4 is 0 Å². The van der Waals surface area contributed by atoms with Crippen molar-refractivity contribution >= 4 is 10.8 Å². The maximum absolute atomic E-state index is 13.8. The molecule has 0 aliphatic heterocycles. The lowest BCUT2D eigenvalue weighted by molar-refractivity contribution is -0.211. The third-order valence-corrected chi connectivity index (χ3v) is 7.69. The third kappa shape index (κ3) is 3.99. The van der Waals surface area contributed by atoms with Gasteiger partial charge < -0.3 is 0 Å². The Labute approximate surface area is 221 Å². The second-order valence-electron chi connectivity index (χ2n) is 11.1. The number of fused-ring (bicyclic) bond motifs is 5. The van der Waals surface area contributed by atoms with E-state index in [0.717, 1.165) is 55.4 Å². The predicted octanol–water partition coefficient (Wildman–Crippen LogP) is 9.96. The van der Waals surface area contributed by atoms with Gasteiger partial charge in [-0.05, 0) is 82.6 Å². The van der Waals surface area contributed by atoms with Gasteiger partial charge in [0.05, 0.1) is 11.1 Å². The first-order valence-electron chi connectivity index (χ1n) is 12.8. The molecule has 1 nitrogen and oxygen atoms in total. The van der Waals surface area contributed by atoms with E-state index in [1.807, 2.05) is 30.5 Å². The van der Waals surface area contributed by atoms with Crippen molar-refractivity contribution in [3.05, 3.63) is 102 Å². The molecule has 1 heterocycles. The third-order valence-electron chi connectivity index (χ3n) is 7.69. The zero-order valence-corrected chi connectivity index (χ0v) is 21.9. The number of hydrogen-bond donors (Lipinski definition) is 0. The number of aromatic nitrogens is 1. The monoisotopic (exact) mass is 507 g/mol. The normalized spacial score (nSPS) is 12.7. The smallest absolute Gasteiger partial charge is 0.256 e. The van der Waals surface area contributed by atoms with Gasteiger partial charge in [0.15, 0.2) is 0 Å². The molecular weight excluding hydrogens is 479 g/mol. The fraction of sp³-hybridized carbons (Fsp3) is 0.206. The van der Waals surface area contributed by atoms with Crippen molar-refractivity contribution in [2.75, 3.05) is 0 Å². The van der Waals surface area contributed by atoms with Crippen molar-refractivity contribution in [2.45, 2.75) is 40.3 Å². The summed E-state index contributed by atoms with van der Waals surface area (Å²) in [5.41, 5.74) is 9.26. The summed E-state index contributed by atoms with van der Waals surface area (Å²) in [6, 6.07) is 26.8. The van der Waals surface area contributed by atoms with E-state index in [1.165, 1.54) is 25.0 Å². The highest BCUT2D eigenvalue weighted by Crippen LogP contribution is 2.49. The first-order chi connectivity index (χ1) is 18.0. The lowest BCUT2D eigenvalue weighted by atomic mass is 9.83. The molecule has 0 atom stereocenters. The Morgan fingerprint density at radius 3 is 1.95 bits per heavy atom. The van der Waals surface area contributed by atoms with Crippen LogP contribution in [0.25, 0.3) is 55.4 Å². The molecule has 0 saturated heterocycles. The summed E-state index contributed by atoms with van der Waals surface area (Å²) in [7, 11) is 0. The van der Waals surface area contributed by atoms with Crippen LogP contribution in [-0.4, -0.2) is 11.2 Å². The molecule has 4 heteroatoms. The van der Waals surface area contributed by atoms with Gasteiger partial charge in [0, 0.05) is 17.3 Å². The van der Waals surface area contributed by atoms with E-state index in [4.69, 9.17) is 4.98 Å². The molecule has 4 aromatic carbocycles. The zero-order valence-electron chi connectivity index (χ0n) is 21.9. The molecule has 5 aromatic rings. The fourth-order valence-corrected chi connectivity index (χ4v) is 5.73. The molecule has 1 aliphatic carbocycles. The van der Waals surface area contributed by atoms with Gasteiger partial charge in [-0.15, -0.1) is 0 Å². The summed E-state index contributed by atoms with van der Waals surface area (Å²) in [5, 5.41) is 2.20. The molecule has 0 spiro atoms. The molecule has 0 unspecified atom stereocenters. The van der Waals surface area contributed by atoms with E-state index in [0.29, 0.717) is 5.56 Å². The van der Waals surface area contributed by atoms with Crippen LogP contribution in [0.5, 0.6) is 0 Å². The van der Waals surface area contributed by atoms with Crippen molar-refractivity contribution in [3.8, 4) is 44.6 Å². The van der Waals surface area contributed by atoms with E-state index < -0.39 is 11.6 Å². The SMILES string of the molecule is Cc1cc(C)cc(-c2cc3c(cn2)-c2cccc4cccc(c24)-c2cc(CC(C)(C)C(F)(F)F)ccc2-3)c1. The molecule has 0 radical (unpaired) electrons. The highest BCUT2D eigenvalue weighted by Gasteiger charge is 2.47. The second kappa shape index (κ2) is 8.56. The predicted molar refractivity (Wildman–Crippen MR) is 150 cm³/mol. The summed E-state index contributed by atoms with van der Waals surface area (Å²) >= 11 is 0. The number of alkyl halides is 3. The Kier molecular flexibility index (Phi) is 5.50. The van der Waals surface area contributed by atoms with E-state index in [-0.39, 0.29) is 6.42 Å². The second-order valence-corrected chi connectivity index (χ2v) is 11.1. The Hall–Kier alpha value is -3.92. The van der Waals surface area contributed by atoms with Gasteiger partial charge in [-0.2, -0.15) is 13.2 Å². The number of pyridine rings is 1. The average molecular weight is 508 g/mol. The maximum atomic E-state index is 13.8. The highest BCUT2D eigenvalue weighted by atomic mass is 19.4. The van der Waals surface area contributed by atoms with Crippen LogP contribution in [-0.2, 0) is 6.42 Å². The molecule has 190 valence electrons. The standard InChI is InChI=1S/C34H28F3N/c1-20-13-21(2)15-24(14-20)31-17-29-25-12-11-22(18-33(3,4)34(35,36)37)16-28(25)26-9-5-7-23-8-6-10-27(32(23)26)30(29)19-38-31/h5-17,19H,18H2,1-4H3. The quantitative estimate of drug-likeness (QED) is 0.232. The van der Waals surface area contributed by atoms with E-state index in [2.05, 4.69) is 68.4 Å². The summed E-state index contributed by atoms with van der Waals surface area (Å²) < 4.78 is 41.3. The van der Waals surface area contributed by atoms with Crippen molar-refractivity contribution in [2.24, 2.45) is 5.41 Å². The first-order valence-corrected chi connectivity index (χ1v) is 12.8. The largest absolute Gasteiger partial charge is 0.394 e. The van der Waals surface area contributed by atoms with Crippen molar-refractivity contribution in [3.63, 3.8) is 0 Å². The van der Waals surface area contributed by atoms with Gasteiger partial charge in [-0.1, -0.05) is 85.6 Å². The Morgan fingerprint density at radius 2 is 1.29 bits per heavy atom. The van der Waals surface area contributed by atoms with Crippen LogP contribution in [0, 0.1) is 19.3 Å². The van der Waals surface area contributed by atoms with Crippen LogP contribution in [0.1, 0.15) is 30.5 Å². The average Bonchev–Trinajstić information content (AvgIpc) is 2.97. The van der Waals surface area contributed by atoms with E-state index >= 15 is 0 Å². The molecule has 38 heavy (non-hydrogen) atoms. The van der Waals surface area contributed by atoms with Crippen molar-refractivity contribution in [1.82, 2.24) is 4.98 Å². The lowest BCUT2D eigenvalue weighted by Crippen LogP contribution is -2.34. The van der Waals surface area contributed by atoms with E-state index in [9.17, 15) is 13.2 Å². The van der Waals surface area contributed by atoms with Gasteiger partial charge in [0.2, 0.25) is 0 Å². The fourth-order valence-electron chi connectivity index (χ4n) is 5.73. The summed E-state index contributed by atoms with van der Waals surface area (Å²) in [6.07, 6.45) is -2.42. The summed E-state index contributed by atoms with van der Waals surface area (Å²) in [5.74, 6) is 0. The van der Waals surface area contributed by atoms with Gasteiger partial charge in [0.25, 0.3) is 0 Å². The van der Waals surface area contributed by atoms with Gasteiger partial charge in [0.1, 0.15) is 0 Å². The minimum absolute atomic E-state index is 0.0849. The summed E-state index contributed by atoms with van der Waals surface area (Å²) in [4.78, 5) is 4.89. The Morgan fingerprint density at radius 1 is 0.658 bits per heavy atom. The molecule has 0 amide bonds. The Balaban J connectivity index is 1.63. The van der Waals surface area contributed by atoms with Crippen LogP contribution >= 0.6 is 0 Å². The minimum atomic E-state index is -4.29. The maximum Gasteiger partial charge on any atom is 0.394 e. The first kappa shape index (κ1) is 24.4. The molecule has 6 rings (SSSR count). The summed E-state index contributed by atoms with van der Waals surface area (Å²) in [6.45, 7) is 6.70. The zero-order chi connectivity index (χ0) is 26.8. The Bertz CT molecular complexity index is 1700. The number of rotatable bonds is 3. The number of benzene rings is 4. The van der Waals surface area contributed by atoms with E-state index in [1.54, 1.807) is 0 Å². The molecule has 0 N–H and O–H groups in total. The molecule has 0 fully saturated rings. The van der Waals surface area contributed by atoms with Crippen LogP contribution in [0.3, 0.4) is 0 Å². The highest BCUT2D eigenvalue weighted by molar-refractivity contribution is 6.13. The molecule has 1 aromatic heterocycles. The molecule has 0 bridgehead atoms. The van der Waals surface area contributed by atoms with Crippen LogP contribution in [0.4, 0.5) is 13.2 Å². The molecule has 1 aliphatic rings. The van der Waals surface area contributed by atoms with Gasteiger partial charge in [-0.3, -0.25) is 4.98 Å². The molecule has 0 saturated carbocycles. The topological polar surface area (TPSA) is 12.9 Å². The van der Waals surface area contributed by atoms with Crippen LogP contribution in [0.15, 0.2) is 85.1 Å². The number of hydrogen-bond acceptors (Lipinski definition) is 1.